The summed E-state index contributed by atoms with van der Waals surface area (Å²) in [4.78, 5) is 11.7. The Labute approximate surface area is 99.6 Å². The lowest BCUT2D eigenvalue weighted by atomic mass is 10.0. The number of carbonyl (C=O) groups excluding carboxylic acids is 1. The van der Waals surface area contributed by atoms with Gasteiger partial charge >= 0.3 is 0 Å². The molecule has 0 aromatic heterocycles. The van der Waals surface area contributed by atoms with Crippen molar-refractivity contribution in [2.45, 2.75) is 32.8 Å². The van der Waals surface area contributed by atoms with E-state index in [0.717, 1.165) is 18.6 Å². The number of hydrogen-bond acceptors (Lipinski definition) is 2. The van der Waals surface area contributed by atoms with Crippen molar-refractivity contribution in [2.75, 3.05) is 6.61 Å². The molecule has 1 aromatic rings. The number of ketones is 1. The van der Waals surface area contributed by atoms with E-state index < -0.39 is 17.7 Å². The molecule has 1 atom stereocenters. The maximum absolute atomic E-state index is 13.6. The maximum Gasteiger partial charge on any atom is 0.165 e. The first kappa shape index (κ1) is 13.8. The minimum Gasteiger partial charge on any atom is -0.366 e. The molecule has 0 saturated carbocycles. The normalized spacial score (nSPS) is 12.5. The van der Waals surface area contributed by atoms with E-state index in [0.29, 0.717) is 6.61 Å². The van der Waals surface area contributed by atoms with Crippen LogP contribution in [0.2, 0.25) is 0 Å². The maximum atomic E-state index is 13.6. The Bertz CT molecular complexity index is 391. The van der Waals surface area contributed by atoms with Crippen LogP contribution >= 0.6 is 0 Å². The monoisotopic (exact) mass is 242 g/mol. The van der Waals surface area contributed by atoms with Crippen LogP contribution in [-0.2, 0) is 9.53 Å². The first-order valence-electron chi connectivity index (χ1n) is 5.69. The third kappa shape index (κ3) is 3.60. The molecule has 1 rings (SSSR count). The molecular weight excluding hydrogens is 226 g/mol. The Morgan fingerprint density at radius 3 is 2.59 bits per heavy atom. The van der Waals surface area contributed by atoms with Crippen LogP contribution in [0.1, 0.15) is 38.4 Å². The van der Waals surface area contributed by atoms with Crippen LogP contribution in [0.3, 0.4) is 0 Å². The quantitative estimate of drug-likeness (QED) is 0.764. The lowest BCUT2D eigenvalue weighted by Crippen LogP contribution is -2.17. The van der Waals surface area contributed by atoms with Gasteiger partial charge in [-0.1, -0.05) is 19.9 Å². The summed E-state index contributed by atoms with van der Waals surface area (Å²) in [5, 5.41) is 0. The highest BCUT2D eigenvalue weighted by molar-refractivity contribution is 5.84. The van der Waals surface area contributed by atoms with E-state index in [-0.39, 0.29) is 17.8 Å². The molecule has 4 heteroatoms. The molecule has 0 aliphatic rings. The average molecular weight is 242 g/mol. The average Bonchev–Trinajstić information content (AvgIpc) is 2.31. The van der Waals surface area contributed by atoms with Crippen LogP contribution in [0.15, 0.2) is 18.2 Å². The first-order chi connectivity index (χ1) is 8.10. The van der Waals surface area contributed by atoms with Crippen molar-refractivity contribution < 1.29 is 18.3 Å². The van der Waals surface area contributed by atoms with Gasteiger partial charge in [-0.2, -0.15) is 0 Å². The first-order valence-corrected chi connectivity index (χ1v) is 5.69. The van der Waals surface area contributed by atoms with Crippen molar-refractivity contribution in [3.8, 4) is 0 Å². The minimum atomic E-state index is -0.930. The Morgan fingerprint density at radius 1 is 1.35 bits per heavy atom. The predicted molar refractivity (Wildman–Crippen MR) is 60.6 cm³/mol. The molecule has 0 aliphatic carbocycles. The van der Waals surface area contributed by atoms with Crippen molar-refractivity contribution in [2.24, 2.45) is 0 Å². The van der Waals surface area contributed by atoms with Gasteiger partial charge in [-0.05, 0) is 12.5 Å². The summed E-state index contributed by atoms with van der Waals surface area (Å²) in [6.07, 6.45) is 0.0576. The van der Waals surface area contributed by atoms with Gasteiger partial charge in [-0.15, -0.1) is 0 Å². The van der Waals surface area contributed by atoms with Crippen LogP contribution in [-0.4, -0.2) is 12.4 Å². The van der Waals surface area contributed by atoms with Crippen LogP contribution in [0.25, 0.3) is 0 Å². The van der Waals surface area contributed by atoms with Crippen molar-refractivity contribution in [3.05, 3.63) is 35.4 Å². The number of Topliss-reactive ketones (excluding diaryl/α,β-unsaturated/α-hetero) is 1. The summed E-state index contributed by atoms with van der Waals surface area (Å²) in [5.41, 5.74) is 0.103. The standard InChI is InChI=1S/C13H16F2O2/c1-3-7-17-13(12(16)4-2)10-6-5-9(14)8-11(10)15/h5-6,8,13H,3-4,7H2,1-2H3. The zero-order valence-electron chi connectivity index (χ0n) is 10.0. The van der Waals surface area contributed by atoms with Gasteiger partial charge in [0.1, 0.15) is 17.7 Å². The van der Waals surface area contributed by atoms with Gasteiger partial charge in [0.15, 0.2) is 5.78 Å². The minimum absolute atomic E-state index is 0.103. The highest BCUT2D eigenvalue weighted by Crippen LogP contribution is 2.23. The van der Waals surface area contributed by atoms with Gasteiger partial charge in [0, 0.05) is 24.7 Å². The van der Waals surface area contributed by atoms with E-state index in [4.69, 9.17) is 4.74 Å². The Hall–Kier alpha value is -1.29. The number of halogens is 2. The zero-order chi connectivity index (χ0) is 12.8. The number of rotatable bonds is 6. The molecule has 0 amide bonds. The molecule has 0 radical (unpaired) electrons. The van der Waals surface area contributed by atoms with Crippen molar-refractivity contribution in [1.29, 1.82) is 0 Å². The Morgan fingerprint density at radius 2 is 2.06 bits per heavy atom. The SMILES string of the molecule is CCCOC(C(=O)CC)c1ccc(F)cc1F. The number of benzene rings is 1. The van der Waals surface area contributed by atoms with Crippen LogP contribution in [0, 0.1) is 11.6 Å². The van der Waals surface area contributed by atoms with E-state index in [2.05, 4.69) is 0 Å². The van der Waals surface area contributed by atoms with Crippen LogP contribution in [0.4, 0.5) is 8.78 Å². The van der Waals surface area contributed by atoms with E-state index in [1.807, 2.05) is 6.92 Å². The second-order valence-electron chi connectivity index (χ2n) is 3.74. The third-order valence-electron chi connectivity index (χ3n) is 2.37. The molecule has 1 unspecified atom stereocenters. The molecule has 0 N–H and O–H groups in total. The summed E-state index contributed by atoms with van der Waals surface area (Å²) < 4.78 is 31.7. The molecule has 0 saturated heterocycles. The summed E-state index contributed by atoms with van der Waals surface area (Å²) >= 11 is 0. The van der Waals surface area contributed by atoms with E-state index in [1.165, 1.54) is 6.07 Å². The molecule has 0 fully saturated rings. The molecule has 1 aromatic carbocycles. The molecule has 0 heterocycles. The molecule has 2 nitrogen and oxygen atoms in total. The number of hydrogen-bond donors (Lipinski definition) is 0. The molecule has 0 aliphatic heterocycles. The fraction of sp³-hybridized carbons (Fsp3) is 0.462. The molecule has 94 valence electrons. The fourth-order valence-corrected chi connectivity index (χ4v) is 1.49. The number of carbonyl (C=O) groups is 1. The lowest BCUT2D eigenvalue weighted by molar-refractivity contribution is -0.130. The second kappa shape index (κ2) is 6.45. The Kier molecular flexibility index (Phi) is 5.22. The summed E-state index contributed by atoms with van der Waals surface area (Å²) in [6.45, 7) is 3.95. The molecule has 0 spiro atoms. The predicted octanol–water partition coefficient (Wildman–Crippen LogP) is 3.41. The summed E-state index contributed by atoms with van der Waals surface area (Å²) in [6, 6.07) is 3.16. The van der Waals surface area contributed by atoms with Gasteiger partial charge in [0.25, 0.3) is 0 Å². The van der Waals surface area contributed by atoms with Gasteiger partial charge in [0.2, 0.25) is 0 Å². The lowest BCUT2D eigenvalue weighted by Gasteiger charge is -2.16. The molecule has 0 bridgehead atoms. The second-order valence-corrected chi connectivity index (χ2v) is 3.74. The van der Waals surface area contributed by atoms with Gasteiger partial charge in [0.05, 0.1) is 0 Å². The van der Waals surface area contributed by atoms with Crippen LogP contribution < -0.4 is 0 Å². The van der Waals surface area contributed by atoms with Gasteiger partial charge in [-0.3, -0.25) is 4.79 Å². The number of ether oxygens (including phenoxy) is 1. The Balaban J connectivity index is 2.99. The topological polar surface area (TPSA) is 26.3 Å². The van der Waals surface area contributed by atoms with Crippen molar-refractivity contribution in [3.63, 3.8) is 0 Å². The highest BCUT2D eigenvalue weighted by atomic mass is 19.1. The zero-order valence-corrected chi connectivity index (χ0v) is 10.0. The third-order valence-corrected chi connectivity index (χ3v) is 2.37. The fourth-order valence-electron chi connectivity index (χ4n) is 1.49. The molecular formula is C13H16F2O2. The van der Waals surface area contributed by atoms with E-state index >= 15 is 0 Å². The van der Waals surface area contributed by atoms with E-state index in [1.54, 1.807) is 6.92 Å². The van der Waals surface area contributed by atoms with Gasteiger partial charge < -0.3 is 4.74 Å². The summed E-state index contributed by atoms with van der Waals surface area (Å²) in [5.74, 6) is -1.61. The van der Waals surface area contributed by atoms with Crippen molar-refractivity contribution >= 4 is 5.78 Å². The van der Waals surface area contributed by atoms with Gasteiger partial charge in [-0.25, -0.2) is 8.78 Å². The van der Waals surface area contributed by atoms with Crippen LogP contribution in [0.5, 0.6) is 0 Å². The van der Waals surface area contributed by atoms with Crippen molar-refractivity contribution in [1.82, 2.24) is 0 Å². The largest absolute Gasteiger partial charge is 0.366 e. The summed E-state index contributed by atoms with van der Waals surface area (Å²) in [7, 11) is 0. The highest BCUT2D eigenvalue weighted by Gasteiger charge is 2.22. The molecule has 17 heavy (non-hydrogen) atoms. The smallest absolute Gasteiger partial charge is 0.165 e. The van der Waals surface area contributed by atoms with E-state index in [9.17, 15) is 13.6 Å².